The van der Waals surface area contributed by atoms with Gasteiger partial charge in [-0.25, -0.2) is 0 Å². The molecule has 0 saturated heterocycles. The van der Waals surface area contributed by atoms with Crippen LogP contribution < -0.4 is 0 Å². The Balaban J connectivity index is 3.31. The van der Waals surface area contributed by atoms with Crippen molar-refractivity contribution in [2.45, 2.75) is 33.1 Å². The van der Waals surface area contributed by atoms with Crippen LogP contribution in [-0.2, 0) is 0 Å². The normalized spacial score (nSPS) is 11.3. The average molecular weight is 126 g/mol. The molecule has 0 aromatic heterocycles. The van der Waals surface area contributed by atoms with Crippen molar-refractivity contribution in [1.29, 1.82) is 0 Å². The summed E-state index contributed by atoms with van der Waals surface area (Å²) in [6.45, 7) is 12.2. The van der Waals surface area contributed by atoms with E-state index in [-0.39, 0.29) is 0 Å². The van der Waals surface area contributed by atoms with Crippen molar-refractivity contribution in [3.05, 3.63) is 13.8 Å². The standard InChI is InChI=1S/C9H18/c1-5-9(6-2)7-8(3)4/h8-9H,1,3,5-7H2,2,4H3. The van der Waals surface area contributed by atoms with E-state index in [1.54, 1.807) is 0 Å². The first-order valence-corrected chi connectivity index (χ1v) is 3.83. The molecule has 0 bridgehead atoms. The highest BCUT2D eigenvalue weighted by atomic mass is 14.1. The van der Waals surface area contributed by atoms with E-state index in [9.17, 15) is 0 Å². The van der Waals surface area contributed by atoms with Gasteiger partial charge in [0.1, 0.15) is 0 Å². The van der Waals surface area contributed by atoms with Crippen LogP contribution in [0, 0.1) is 25.7 Å². The summed E-state index contributed by atoms with van der Waals surface area (Å²) in [5.74, 6) is 1.40. The molecule has 0 amide bonds. The second-order valence-electron chi connectivity index (χ2n) is 2.90. The number of hydrogen-bond acceptors (Lipinski definition) is 0. The van der Waals surface area contributed by atoms with Crippen LogP contribution in [0.2, 0.25) is 0 Å². The van der Waals surface area contributed by atoms with E-state index in [1.807, 2.05) is 0 Å². The summed E-state index contributed by atoms with van der Waals surface area (Å²) >= 11 is 0. The molecule has 0 aliphatic carbocycles. The Bertz CT molecular complexity index is 51.1. The highest BCUT2D eigenvalue weighted by Crippen LogP contribution is 2.17. The molecule has 0 aromatic carbocycles. The van der Waals surface area contributed by atoms with E-state index >= 15 is 0 Å². The predicted octanol–water partition coefficient (Wildman–Crippen LogP) is 3.10. The molecule has 0 heterocycles. The SMILES string of the molecule is [CH2]CC(CC)CC([CH2])C. The molecule has 0 aliphatic heterocycles. The second-order valence-corrected chi connectivity index (χ2v) is 2.90. The first kappa shape index (κ1) is 9.00. The van der Waals surface area contributed by atoms with Crippen LogP contribution in [-0.4, -0.2) is 0 Å². The maximum absolute atomic E-state index is 3.95. The summed E-state index contributed by atoms with van der Waals surface area (Å²) in [5, 5.41) is 0. The third-order valence-electron chi connectivity index (χ3n) is 1.72. The highest BCUT2D eigenvalue weighted by molar-refractivity contribution is 4.64. The summed E-state index contributed by atoms with van der Waals surface area (Å²) in [5.41, 5.74) is 0. The van der Waals surface area contributed by atoms with Crippen LogP contribution in [0.15, 0.2) is 0 Å². The summed E-state index contributed by atoms with van der Waals surface area (Å²) in [7, 11) is 0. The second kappa shape index (κ2) is 4.84. The first-order valence-electron chi connectivity index (χ1n) is 3.83. The molecule has 0 N–H and O–H groups in total. The molecule has 2 unspecified atom stereocenters. The molecule has 0 aliphatic rings. The van der Waals surface area contributed by atoms with Gasteiger partial charge in [0, 0.05) is 0 Å². The lowest BCUT2D eigenvalue weighted by Gasteiger charge is -2.13. The van der Waals surface area contributed by atoms with Gasteiger partial charge in [-0.05, 0) is 18.3 Å². The van der Waals surface area contributed by atoms with E-state index in [1.165, 1.54) is 12.8 Å². The smallest absolute Gasteiger partial charge is 0.0414 e. The summed E-state index contributed by atoms with van der Waals surface area (Å²) < 4.78 is 0. The minimum absolute atomic E-state index is 0.594. The number of hydrogen-bond donors (Lipinski definition) is 0. The van der Waals surface area contributed by atoms with Crippen molar-refractivity contribution < 1.29 is 0 Å². The Morgan fingerprint density at radius 2 is 2.00 bits per heavy atom. The fraction of sp³-hybridized carbons (Fsp3) is 0.778. The number of rotatable bonds is 4. The van der Waals surface area contributed by atoms with Crippen LogP contribution in [0.1, 0.15) is 33.1 Å². The van der Waals surface area contributed by atoms with E-state index in [2.05, 4.69) is 27.7 Å². The van der Waals surface area contributed by atoms with Gasteiger partial charge in [0.25, 0.3) is 0 Å². The maximum atomic E-state index is 3.95. The molecular weight excluding hydrogens is 108 g/mol. The first-order chi connectivity index (χ1) is 4.20. The molecule has 2 atom stereocenters. The third kappa shape index (κ3) is 4.50. The Labute approximate surface area is 59.7 Å². The highest BCUT2D eigenvalue weighted by Gasteiger charge is 2.04. The van der Waals surface area contributed by atoms with Gasteiger partial charge in [-0.2, -0.15) is 0 Å². The van der Waals surface area contributed by atoms with Gasteiger partial charge >= 0.3 is 0 Å². The van der Waals surface area contributed by atoms with Crippen molar-refractivity contribution in [1.82, 2.24) is 0 Å². The zero-order chi connectivity index (χ0) is 7.28. The lowest BCUT2D eigenvalue weighted by molar-refractivity contribution is 0.421. The van der Waals surface area contributed by atoms with Crippen LogP contribution in [0.3, 0.4) is 0 Å². The minimum Gasteiger partial charge on any atom is -0.0651 e. The van der Waals surface area contributed by atoms with Crippen molar-refractivity contribution >= 4 is 0 Å². The summed E-state index contributed by atoms with van der Waals surface area (Å²) in [6, 6.07) is 0. The quantitative estimate of drug-likeness (QED) is 0.543. The van der Waals surface area contributed by atoms with Gasteiger partial charge in [0.15, 0.2) is 0 Å². The molecule has 0 fully saturated rings. The average Bonchev–Trinajstić information content (AvgIpc) is 1.82. The zero-order valence-electron chi connectivity index (χ0n) is 6.69. The van der Waals surface area contributed by atoms with Crippen LogP contribution in [0.5, 0.6) is 0 Å². The van der Waals surface area contributed by atoms with Crippen molar-refractivity contribution in [3.63, 3.8) is 0 Å². The van der Waals surface area contributed by atoms with Gasteiger partial charge in [0.2, 0.25) is 0 Å². The molecule has 0 saturated carbocycles. The van der Waals surface area contributed by atoms with Crippen molar-refractivity contribution in [2.24, 2.45) is 11.8 Å². The Kier molecular flexibility index (Phi) is 4.84. The van der Waals surface area contributed by atoms with E-state index in [0.717, 1.165) is 12.3 Å². The lowest BCUT2D eigenvalue weighted by Crippen LogP contribution is -2.01. The van der Waals surface area contributed by atoms with E-state index < -0.39 is 0 Å². The monoisotopic (exact) mass is 126 g/mol. The molecule has 0 heteroatoms. The van der Waals surface area contributed by atoms with Gasteiger partial charge < -0.3 is 0 Å². The minimum atomic E-state index is 0.594. The van der Waals surface area contributed by atoms with Crippen LogP contribution in [0.25, 0.3) is 0 Å². The molecular formula is C9H18. The maximum Gasteiger partial charge on any atom is -0.0414 e. The van der Waals surface area contributed by atoms with E-state index in [4.69, 9.17) is 0 Å². The largest absolute Gasteiger partial charge is 0.0651 e. The fourth-order valence-electron chi connectivity index (χ4n) is 1.06. The Morgan fingerprint density at radius 1 is 1.44 bits per heavy atom. The van der Waals surface area contributed by atoms with Crippen LogP contribution >= 0.6 is 0 Å². The zero-order valence-corrected chi connectivity index (χ0v) is 6.69. The van der Waals surface area contributed by atoms with E-state index in [0.29, 0.717) is 5.92 Å². The molecule has 2 radical (unpaired) electrons. The lowest BCUT2D eigenvalue weighted by atomic mass is 9.93. The topological polar surface area (TPSA) is 0 Å². The van der Waals surface area contributed by atoms with Gasteiger partial charge in [-0.3, -0.25) is 0 Å². The van der Waals surface area contributed by atoms with Gasteiger partial charge in [-0.1, -0.05) is 40.5 Å². The molecule has 0 aromatic rings. The predicted molar refractivity (Wildman–Crippen MR) is 42.9 cm³/mol. The molecule has 0 nitrogen and oxygen atoms in total. The van der Waals surface area contributed by atoms with Crippen molar-refractivity contribution in [2.75, 3.05) is 0 Å². The van der Waals surface area contributed by atoms with Crippen molar-refractivity contribution in [3.8, 4) is 0 Å². The summed E-state index contributed by atoms with van der Waals surface area (Å²) in [6.07, 6.45) is 3.56. The fourth-order valence-corrected chi connectivity index (χ4v) is 1.06. The summed E-state index contributed by atoms with van der Waals surface area (Å²) in [4.78, 5) is 0. The molecule has 0 rings (SSSR count). The van der Waals surface area contributed by atoms with Crippen LogP contribution in [0.4, 0.5) is 0 Å². The van der Waals surface area contributed by atoms with Gasteiger partial charge in [-0.15, -0.1) is 0 Å². The van der Waals surface area contributed by atoms with Gasteiger partial charge in [0.05, 0.1) is 0 Å². The Hall–Kier alpha value is 0. The molecule has 54 valence electrons. The molecule has 9 heavy (non-hydrogen) atoms. The third-order valence-corrected chi connectivity index (χ3v) is 1.72. The Morgan fingerprint density at radius 3 is 2.11 bits per heavy atom. The molecule has 0 spiro atoms.